The first kappa shape index (κ1) is 6.93. The molecule has 0 aromatic carbocycles. The zero-order valence-corrected chi connectivity index (χ0v) is 7.00. The van der Waals surface area contributed by atoms with Gasteiger partial charge in [-0.3, -0.25) is 4.79 Å². The van der Waals surface area contributed by atoms with Gasteiger partial charge >= 0.3 is 0 Å². The van der Waals surface area contributed by atoms with Crippen LogP contribution in [-0.4, -0.2) is 15.5 Å². The number of carbonyl (C=O) groups is 1. The minimum absolute atomic E-state index is 0.0725. The molecule has 0 N–H and O–H groups in total. The molecule has 56 valence electrons. The van der Waals surface area contributed by atoms with Gasteiger partial charge in [-0.1, -0.05) is 0 Å². The van der Waals surface area contributed by atoms with E-state index in [0.717, 1.165) is 25.7 Å². The summed E-state index contributed by atoms with van der Waals surface area (Å²) in [6.45, 7) is 0. The van der Waals surface area contributed by atoms with Gasteiger partial charge in [0.05, 0.1) is 0 Å². The third-order valence-corrected chi connectivity index (χ3v) is 3.29. The van der Waals surface area contributed by atoms with E-state index in [1.165, 1.54) is 0 Å². The van der Waals surface area contributed by atoms with E-state index in [2.05, 4.69) is 0 Å². The topological polar surface area (TPSA) is 17.1 Å². The molecule has 0 spiro atoms. The van der Waals surface area contributed by atoms with Crippen LogP contribution in [0.1, 0.15) is 25.7 Å². The Labute approximate surface area is 69.7 Å². The van der Waals surface area contributed by atoms with Gasteiger partial charge in [-0.15, -0.1) is 23.2 Å². The number of Topliss-reactive ketones (excluding diaryl/α,β-unsaturated/α-hetero) is 1. The van der Waals surface area contributed by atoms with Gasteiger partial charge in [0.25, 0.3) is 0 Å². The zero-order valence-electron chi connectivity index (χ0n) is 5.49. The van der Waals surface area contributed by atoms with Crippen LogP contribution in [0, 0.1) is 0 Å². The van der Waals surface area contributed by atoms with Crippen molar-refractivity contribution in [3.05, 3.63) is 0 Å². The van der Waals surface area contributed by atoms with Crippen molar-refractivity contribution in [3.63, 3.8) is 0 Å². The lowest BCUT2D eigenvalue weighted by Gasteiger charge is -2.07. The van der Waals surface area contributed by atoms with Crippen LogP contribution < -0.4 is 0 Å². The number of hydrogen-bond acceptors (Lipinski definition) is 1. The van der Waals surface area contributed by atoms with Crippen molar-refractivity contribution in [3.8, 4) is 0 Å². The first-order valence-corrected chi connectivity index (χ1v) is 4.25. The van der Waals surface area contributed by atoms with Gasteiger partial charge in [0.1, 0.15) is 9.75 Å². The Hall–Kier alpha value is 0.250. The molecule has 2 saturated carbocycles. The molecular formula is C7H8Cl2O. The summed E-state index contributed by atoms with van der Waals surface area (Å²) >= 11 is 11.8. The Morgan fingerprint density at radius 1 is 1.00 bits per heavy atom. The quantitative estimate of drug-likeness (QED) is 0.593. The van der Waals surface area contributed by atoms with Crippen molar-refractivity contribution in [2.75, 3.05) is 0 Å². The van der Waals surface area contributed by atoms with Crippen molar-refractivity contribution in [1.29, 1.82) is 0 Å². The molecule has 0 unspecified atom stereocenters. The Morgan fingerprint density at radius 3 is 1.50 bits per heavy atom. The highest BCUT2D eigenvalue weighted by atomic mass is 35.5. The van der Waals surface area contributed by atoms with Crippen LogP contribution in [0.25, 0.3) is 0 Å². The van der Waals surface area contributed by atoms with Crippen molar-refractivity contribution >= 4 is 29.0 Å². The first-order valence-electron chi connectivity index (χ1n) is 3.50. The van der Waals surface area contributed by atoms with Crippen molar-refractivity contribution < 1.29 is 4.79 Å². The average Bonchev–Trinajstić information content (AvgIpc) is 2.73. The summed E-state index contributed by atoms with van der Waals surface area (Å²) < 4.78 is 0. The van der Waals surface area contributed by atoms with E-state index in [0.29, 0.717) is 0 Å². The Kier molecular flexibility index (Phi) is 1.18. The summed E-state index contributed by atoms with van der Waals surface area (Å²) in [6.07, 6.45) is 3.29. The second-order valence-corrected chi connectivity index (χ2v) is 4.71. The Bertz CT molecular complexity index is 172. The second kappa shape index (κ2) is 1.70. The maximum atomic E-state index is 11.3. The normalized spacial score (nSPS) is 31.4. The molecule has 2 rings (SSSR count). The highest BCUT2D eigenvalue weighted by Crippen LogP contribution is 2.54. The molecular weight excluding hydrogens is 171 g/mol. The van der Waals surface area contributed by atoms with Gasteiger partial charge < -0.3 is 0 Å². The highest BCUT2D eigenvalue weighted by molar-refractivity contribution is 6.47. The van der Waals surface area contributed by atoms with Crippen molar-refractivity contribution in [1.82, 2.24) is 0 Å². The van der Waals surface area contributed by atoms with Crippen LogP contribution in [0.3, 0.4) is 0 Å². The summed E-state index contributed by atoms with van der Waals surface area (Å²) in [4.78, 5) is 10.3. The zero-order chi connectivity index (χ0) is 7.41. The molecule has 10 heavy (non-hydrogen) atoms. The molecule has 2 fully saturated rings. The second-order valence-electron chi connectivity index (χ2n) is 3.26. The van der Waals surface area contributed by atoms with Gasteiger partial charge in [0.15, 0.2) is 5.78 Å². The van der Waals surface area contributed by atoms with Crippen LogP contribution in [0.4, 0.5) is 0 Å². The highest BCUT2D eigenvalue weighted by Gasteiger charge is 2.60. The number of carbonyl (C=O) groups excluding carboxylic acids is 1. The fourth-order valence-corrected chi connectivity index (χ4v) is 1.67. The van der Waals surface area contributed by atoms with Crippen LogP contribution >= 0.6 is 23.2 Å². The summed E-state index contributed by atoms with van der Waals surface area (Å²) in [6, 6.07) is 0. The number of hydrogen-bond donors (Lipinski definition) is 0. The standard InChI is InChI=1S/C7H8Cl2O/c8-6(1-2-6)5(10)7(9)3-4-7/h1-4H2. The van der Waals surface area contributed by atoms with Gasteiger partial charge in [-0.2, -0.15) is 0 Å². The molecule has 0 aliphatic heterocycles. The van der Waals surface area contributed by atoms with E-state index < -0.39 is 9.75 Å². The third-order valence-electron chi connectivity index (χ3n) is 2.19. The Balaban J connectivity index is 2.12. The van der Waals surface area contributed by atoms with Crippen molar-refractivity contribution in [2.45, 2.75) is 35.4 Å². The third kappa shape index (κ3) is 0.876. The van der Waals surface area contributed by atoms with E-state index in [9.17, 15) is 4.79 Å². The molecule has 0 atom stereocenters. The Morgan fingerprint density at radius 2 is 1.30 bits per heavy atom. The van der Waals surface area contributed by atoms with Gasteiger partial charge in [-0.05, 0) is 25.7 Å². The fraction of sp³-hybridized carbons (Fsp3) is 0.857. The monoisotopic (exact) mass is 178 g/mol. The van der Waals surface area contributed by atoms with Crippen LogP contribution in [0.15, 0.2) is 0 Å². The fourth-order valence-electron chi connectivity index (χ4n) is 1.08. The minimum Gasteiger partial charge on any atom is -0.296 e. The lowest BCUT2D eigenvalue weighted by molar-refractivity contribution is -0.119. The molecule has 2 aliphatic carbocycles. The van der Waals surface area contributed by atoms with Crippen LogP contribution in [0.5, 0.6) is 0 Å². The van der Waals surface area contributed by atoms with Crippen LogP contribution in [0.2, 0.25) is 0 Å². The molecule has 0 bridgehead atoms. The molecule has 0 amide bonds. The summed E-state index contributed by atoms with van der Waals surface area (Å²) in [5.74, 6) is 0.0725. The number of ketones is 1. The van der Waals surface area contributed by atoms with E-state index in [1.807, 2.05) is 0 Å². The molecule has 2 aliphatic rings. The van der Waals surface area contributed by atoms with E-state index in [1.54, 1.807) is 0 Å². The number of rotatable bonds is 2. The lowest BCUT2D eigenvalue weighted by atomic mass is 10.1. The van der Waals surface area contributed by atoms with Gasteiger partial charge in [0.2, 0.25) is 0 Å². The van der Waals surface area contributed by atoms with Gasteiger partial charge in [-0.25, -0.2) is 0 Å². The average molecular weight is 179 g/mol. The van der Waals surface area contributed by atoms with Crippen LogP contribution in [-0.2, 0) is 4.79 Å². The number of alkyl halides is 2. The summed E-state index contributed by atoms with van der Waals surface area (Å²) in [7, 11) is 0. The molecule has 1 nitrogen and oxygen atoms in total. The van der Waals surface area contributed by atoms with E-state index >= 15 is 0 Å². The first-order chi connectivity index (χ1) is 4.57. The summed E-state index contributed by atoms with van der Waals surface area (Å²) in [5, 5.41) is 0. The van der Waals surface area contributed by atoms with E-state index in [-0.39, 0.29) is 5.78 Å². The molecule has 0 heterocycles. The molecule has 0 saturated heterocycles. The molecule has 3 heteroatoms. The minimum atomic E-state index is -0.543. The SMILES string of the molecule is O=C(C1(Cl)CC1)C1(Cl)CC1. The molecule has 0 aromatic rings. The molecule has 0 aromatic heterocycles. The predicted molar refractivity (Wildman–Crippen MR) is 40.6 cm³/mol. The summed E-state index contributed by atoms with van der Waals surface area (Å²) in [5.41, 5.74) is 0. The smallest absolute Gasteiger partial charge is 0.174 e. The number of halogens is 2. The lowest BCUT2D eigenvalue weighted by Crippen LogP contribution is -2.27. The maximum absolute atomic E-state index is 11.3. The van der Waals surface area contributed by atoms with Crippen molar-refractivity contribution in [2.24, 2.45) is 0 Å². The maximum Gasteiger partial charge on any atom is 0.174 e. The van der Waals surface area contributed by atoms with E-state index in [4.69, 9.17) is 23.2 Å². The van der Waals surface area contributed by atoms with Gasteiger partial charge in [0, 0.05) is 0 Å². The molecule has 0 radical (unpaired) electrons. The predicted octanol–water partition coefficient (Wildman–Crippen LogP) is 2.10. The largest absolute Gasteiger partial charge is 0.296 e.